The lowest BCUT2D eigenvalue weighted by Gasteiger charge is -2.33. The lowest BCUT2D eigenvalue weighted by molar-refractivity contribution is -0.129. The van der Waals surface area contributed by atoms with Crippen LogP contribution in [0.3, 0.4) is 0 Å². The van der Waals surface area contributed by atoms with Crippen molar-refractivity contribution in [1.29, 1.82) is 0 Å². The average molecular weight is 460 g/mol. The van der Waals surface area contributed by atoms with E-state index in [1.54, 1.807) is 18.9 Å². The molecule has 1 amide bonds. The van der Waals surface area contributed by atoms with Crippen LogP contribution in [0.2, 0.25) is 0 Å². The third-order valence-corrected chi connectivity index (χ3v) is 7.34. The van der Waals surface area contributed by atoms with Crippen LogP contribution in [0.1, 0.15) is 50.4 Å². The zero-order valence-corrected chi connectivity index (χ0v) is 19.3. The SMILES string of the molecule is CC(=O)N1CCN(Sc2ccc(Nc3nn(C4CCCCC4N)cc3C(N)O)cc2)CC1. The number of piperazine rings is 1. The number of aromatic nitrogens is 2. The van der Waals surface area contributed by atoms with E-state index in [-0.39, 0.29) is 18.0 Å². The van der Waals surface area contributed by atoms with Crippen LogP contribution in [0.4, 0.5) is 11.5 Å². The normalized spacial score (nSPS) is 23.2. The maximum absolute atomic E-state index is 11.5. The Morgan fingerprint density at radius 1 is 1.19 bits per heavy atom. The predicted molar refractivity (Wildman–Crippen MR) is 126 cm³/mol. The first-order chi connectivity index (χ1) is 15.4. The summed E-state index contributed by atoms with van der Waals surface area (Å²) in [7, 11) is 0. The van der Waals surface area contributed by atoms with Crippen LogP contribution in [0.25, 0.3) is 0 Å². The zero-order chi connectivity index (χ0) is 22.7. The number of hydrogen-bond acceptors (Lipinski definition) is 8. The Morgan fingerprint density at radius 2 is 1.88 bits per heavy atom. The molecule has 1 aliphatic carbocycles. The average Bonchev–Trinajstić information content (AvgIpc) is 3.19. The van der Waals surface area contributed by atoms with E-state index in [1.165, 1.54) is 0 Å². The second-order valence-electron chi connectivity index (χ2n) is 8.55. The number of hydrogen-bond donors (Lipinski definition) is 4. The van der Waals surface area contributed by atoms with E-state index in [9.17, 15) is 9.90 Å². The van der Waals surface area contributed by atoms with Gasteiger partial charge < -0.3 is 26.8 Å². The second kappa shape index (κ2) is 10.2. The molecule has 1 saturated heterocycles. The van der Waals surface area contributed by atoms with Crippen molar-refractivity contribution >= 4 is 29.4 Å². The number of amides is 1. The molecule has 174 valence electrons. The maximum atomic E-state index is 11.5. The number of rotatable bonds is 6. The monoisotopic (exact) mass is 459 g/mol. The Hall–Kier alpha value is -2.11. The van der Waals surface area contributed by atoms with Gasteiger partial charge in [-0.15, -0.1) is 0 Å². The van der Waals surface area contributed by atoms with Gasteiger partial charge in [-0.3, -0.25) is 9.48 Å². The molecule has 0 spiro atoms. The molecule has 3 unspecified atom stereocenters. The highest BCUT2D eigenvalue weighted by Crippen LogP contribution is 2.31. The van der Waals surface area contributed by atoms with Gasteiger partial charge in [0.05, 0.1) is 11.6 Å². The molecule has 4 rings (SSSR count). The van der Waals surface area contributed by atoms with Gasteiger partial charge in [0.1, 0.15) is 6.23 Å². The molecule has 32 heavy (non-hydrogen) atoms. The molecular formula is C22H33N7O2S. The first kappa shape index (κ1) is 23.1. The number of carbonyl (C=O) groups excluding carboxylic acids is 1. The molecule has 10 heteroatoms. The van der Waals surface area contributed by atoms with Gasteiger partial charge in [-0.05, 0) is 49.1 Å². The van der Waals surface area contributed by atoms with E-state index in [2.05, 4.69) is 26.9 Å². The molecule has 2 fully saturated rings. The molecule has 2 aromatic rings. The summed E-state index contributed by atoms with van der Waals surface area (Å²) in [4.78, 5) is 14.5. The molecule has 9 nitrogen and oxygen atoms in total. The number of nitrogens with two attached hydrogens (primary N) is 2. The minimum atomic E-state index is -1.12. The molecule has 1 saturated carbocycles. The summed E-state index contributed by atoms with van der Waals surface area (Å²) >= 11 is 1.70. The molecule has 3 atom stereocenters. The molecule has 0 bridgehead atoms. The van der Waals surface area contributed by atoms with E-state index in [0.29, 0.717) is 11.4 Å². The summed E-state index contributed by atoms with van der Waals surface area (Å²) in [6, 6.07) is 8.28. The second-order valence-corrected chi connectivity index (χ2v) is 9.72. The van der Waals surface area contributed by atoms with Gasteiger partial charge in [0.25, 0.3) is 0 Å². The molecule has 6 N–H and O–H groups in total. The standard InChI is InChI=1S/C22H33N7O2S/c1-15(30)27-10-12-28(13-11-27)32-17-8-6-16(7-9-17)25-22-18(21(24)31)14-29(26-22)20-5-3-2-4-19(20)23/h6-9,14,19-21,31H,2-5,10-13,23-24H2,1H3,(H,25,26). The van der Waals surface area contributed by atoms with E-state index >= 15 is 0 Å². The van der Waals surface area contributed by atoms with Crippen molar-refractivity contribution in [2.45, 2.75) is 55.8 Å². The van der Waals surface area contributed by atoms with Gasteiger partial charge in [0.2, 0.25) is 5.91 Å². The summed E-state index contributed by atoms with van der Waals surface area (Å²) < 4.78 is 4.14. The lowest BCUT2D eigenvalue weighted by atomic mass is 9.91. The van der Waals surface area contributed by atoms with Crippen LogP contribution in [-0.4, -0.2) is 62.2 Å². The fraction of sp³-hybridized carbons (Fsp3) is 0.545. The van der Waals surface area contributed by atoms with Crippen molar-refractivity contribution in [3.8, 4) is 0 Å². The minimum absolute atomic E-state index is 0.0629. The number of nitrogens with one attached hydrogen (secondary N) is 1. The Morgan fingerprint density at radius 3 is 2.50 bits per heavy atom. The largest absolute Gasteiger partial charge is 0.374 e. The van der Waals surface area contributed by atoms with Gasteiger partial charge in [0.15, 0.2) is 5.82 Å². The summed E-state index contributed by atoms with van der Waals surface area (Å²) in [6.45, 7) is 4.85. The number of aliphatic hydroxyl groups excluding tert-OH is 1. The molecule has 1 aromatic carbocycles. The quantitative estimate of drug-likeness (QED) is 0.383. The molecular weight excluding hydrogens is 426 g/mol. The fourth-order valence-corrected chi connectivity index (χ4v) is 5.24. The first-order valence-corrected chi connectivity index (χ1v) is 12.0. The van der Waals surface area contributed by atoms with Gasteiger partial charge in [-0.1, -0.05) is 12.8 Å². The van der Waals surface area contributed by atoms with Crippen LogP contribution in [0.5, 0.6) is 0 Å². The first-order valence-electron chi connectivity index (χ1n) is 11.2. The van der Waals surface area contributed by atoms with Crippen LogP contribution in [-0.2, 0) is 4.79 Å². The Bertz CT molecular complexity index is 910. The fourth-order valence-electron chi connectivity index (χ4n) is 4.34. The molecule has 2 heterocycles. The van der Waals surface area contributed by atoms with E-state index in [4.69, 9.17) is 11.5 Å². The van der Waals surface area contributed by atoms with Crippen LogP contribution in [0, 0.1) is 0 Å². The number of aliphatic hydroxyl groups is 1. The highest BCUT2D eigenvalue weighted by molar-refractivity contribution is 7.97. The Balaban J connectivity index is 1.40. The van der Waals surface area contributed by atoms with Crippen molar-refractivity contribution in [1.82, 2.24) is 19.0 Å². The summed E-state index contributed by atoms with van der Waals surface area (Å²) in [5.41, 5.74) is 13.5. The van der Waals surface area contributed by atoms with Crippen molar-refractivity contribution in [3.05, 3.63) is 36.0 Å². The van der Waals surface area contributed by atoms with Crippen LogP contribution >= 0.6 is 11.9 Å². The maximum Gasteiger partial charge on any atom is 0.219 e. The molecule has 2 aliphatic rings. The van der Waals surface area contributed by atoms with E-state index in [1.807, 2.05) is 27.9 Å². The van der Waals surface area contributed by atoms with Gasteiger partial charge >= 0.3 is 0 Å². The Kier molecular flexibility index (Phi) is 7.37. The number of carbonyl (C=O) groups is 1. The molecule has 1 aromatic heterocycles. The summed E-state index contributed by atoms with van der Waals surface area (Å²) in [5, 5.41) is 18.0. The van der Waals surface area contributed by atoms with Gasteiger partial charge in [-0.25, -0.2) is 4.31 Å². The topological polar surface area (TPSA) is 126 Å². The number of nitrogens with zero attached hydrogens (tertiary/aromatic N) is 4. The van der Waals surface area contributed by atoms with Crippen molar-refractivity contribution in [3.63, 3.8) is 0 Å². The van der Waals surface area contributed by atoms with Gasteiger partial charge in [0, 0.05) is 55.9 Å². The minimum Gasteiger partial charge on any atom is -0.374 e. The van der Waals surface area contributed by atoms with Crippen LogP contribution in [0.15, 0.2) is 35.4 Å². The highest BCUT2D eigenvalue weighted by atomic mass is 32.2. The highest BCUT2D eigenvalue weighted by Gasteiger charge is 2.26. The van der Waals surface area contributed by atoms with Crippen molar-refractivity contribution in [2.75, 3.05) is 31.5 Å². The Labute approximate surface area is 193 Å². The number of anilines is 2. The van der Waals surface area contributed by atoms with Gasteiger partial charge in [-0.2, -0.15) is 5.10 Å². The number of benzene rings is 1. The summed E-state index contributed by atoms with van der Waals surface area (Å²) in [6.07, 6.45) is 4.94. The zero-order valence-electron chi connectivity index (χ0n) is 18.5. The molecule has 1 aliphatic heterocycles. The summed E-state index contributed by atoms with van der Waals surface area (Å²) in [5.74, 6) is 0.693. The predicted octanol–water partition coefficient (Wildman–Crippen LogP) is 2.19. The third-order valence-electron chi connectivity index (χ3n) is 6.24. The van der Waals surface area contributed by atoms with Crippen molar-refractivity contribution in [2.24, 2.45) is 11.5 Å². The third kappa shape index (κ3) is 5.44. The van der Waals surface area contributed by atoms with Crippen molar-refractivity contribution < 1.29 is 9.90 Å². The van der Waals surface area contributed by atoms with E-state index < -0.39 is 6.23 Å². The molecule has 0 radical (unpaired) electrons. The van der Waals surface area contributed by atoms with E-state index in [0.717, 1.165) is 62.4 Å². The van der Waals surface area contributed by atoms with Crippen LogP contribution < -0.4 is 16.8 Å². The smallest absolute Gasteiger partial charge is 0.219 e. The lowest BCUT2D eigenvalue weighted by Crippen LogP contribution is -2.45.